The Balaban J connectivity index is 1.38. The Labute approximate surface area is 265 Å². The van der Waals surface area contributed by atoms with Gasteiger partial charge in [-0.1, -0.05) is 71.2 Å². The SMILES string of the molecule is CCOC(=O)C1=C(C)NC(=S)N[C@@H]1c1ccccc1OCC(=O)NN=Cc1cc(Cl)c(OCc2cccc(C)c2)c(Cl)c1. The van der Waals surface area contributed by atoms with Gasteiger partial charge in [0.15, 0.2) is 17.5 Å². The van der Waals surface area contributed by atoms with E-state index in [4.69, 9.17) is 49.6 Å². The average molecular weight is 642 g/mol. The summed E-state index contributed by atoms with van der Waals surface area (Å²) < 4.78 is 16.9. The second kappa shape index (κ2) is 14.9. The number of ether oxygens (including phenoxy) is 3. The number of carbonyl (C=O) groups is 2. The number of amides is 1. The summed E-state index contributed by atoms with van der Waals surface area (Å²) in [4.78, 5) is 25.3. The summed E-state index contributed by atoms with van der Waals surface area (Å²) in [5.74, 6) is -0.246. The fraction of sp³-hybridized carbons (Fsp3) is 0.226. The van der Waals surface area contributed by atoms with Gasteiger partial charge in [-0.25, -0.2) is 10.2 Å². The molecule has 224 valence electrons. The van der Waals surface area contributed by atoms with Crippen LogP contribution in [0, 0.1) is 6.92 Å². The summed E-state index contributed by atoms with van der Waals surface area (Å²) >= 11 is 18.1. The molecular weight excluding hydrogens is 611 g/mol. The van der Waals surface area contributed by atoms with Crippen LogP contribution in [0.3, 0.4) is 0 Å². The topological polar surface area (TPSA) is 110 Å². The zero-order valence-corrected chi connectivity index (χ0v) is 26.0. The number of para-hydroxylation sites is 1. The maximum atomic E-state index is 12.7. The number of thiocarbonyl (C=S) groups is 1. The number of benzene rings is 3. The van der Waals surface area contributed by atoms with Gasteiger partial charge in [0, 0.05) is 11.3 Å². The van der Waals surface area contributed by atoms with Crippen LogP contribution < -0.4 is 25.5 Å². The number of aryl methyl sites for hydroxylation is 1. The van der Waals surface area contributed by atoms with E-state index >= 15 is 0 Å². The fourth-order valence-electron chi connectivity index (χ4n) is 4.36. The van der Waals surface area contributed by atoms with Gasteiger partial charge in [0.2, 0.25) is 0 Å². The number of rotatable bonds is 11. The van der Waals surface area contributed by atoms with Crippen LogP contribution in [0.1, 0.15) is 42.1 Å². The van der Waals surface area contributed by atoms with E-state index in [2.05, 4.69) is 21.2 Å². The van der Waals surface area contributed by atoms with E-state index in [1.54, 1.807) is 50.2 Å². The molecule has 0 fully saturated rings. The van der Waals surface area contributed by atoms with E-state index in [9.17, 15) is 9.59 Å². The van der Waals surface area contributed by atoms with Crippen molar-refractivity contribution < 1.29 is 23.8 Å². The molecule has 0 spiro atoms. The average Bonchev–Trinajstić information content (AvgIpc) is 2.95. The highest BCUT2D eigenvalue weighted by Crippen LogP contribution is 2.35. The second-order valence-corrected chi connectivity index (χ2v) is 10.7. The van der Waals surface area contributed by atoms with Crippen molar-refractivity contribution in [3.8, 4) is 11.5 Å². The normalized spacial score (nSPS) is 14.6. The summed E-state index contributed by atoms with van der Waals surface area (Å²) in [6.07, 6.45) is 1.41. The minimum atomic E-state index is -0.636. The van der Waals surface area contributed by atoms with Crippen LogP contribution in [0.25, 0.3) is 0 Å². The molecular formula is C31H30Cl2N4O5S. The Morgan fingerprint density at radius 3 is 2.51 bits per heavy atom. The first-order valence-electron chi connectivity index (χ1n) is 13.3. The minimum absolute atomic E-state index is 0.218. The molecule has 1 aliphatic heterocycles. The number of carbonyl (C=O) groups excluding carboxylic acids is 2. The molecule has 3 aromatic rings. The molecule has 43 heavy (non-hydrogen) atoms. The van der Waals surface area contributed by atoms with Crippen molar-refractivity contribution >= 4 is 58.6 Å². The van der Waals surface area contributed by atoms with Crippen molar-refractivity contribution in [2.75, 3.05) is 13.2 Å². The Hall–Kier alpha value is -4.12. The first-order valence-corrected chi connectivity index (χ1v) is 14.5. The van der Waals surface area contributed by atoms with Crippen molar-refractivity contribution in [3.63, 3.8) is 0 Å². The number of hydrogen-bond donors (Lipinski definition) is 3. The van der Waals surface area contributed by atoms with E-state index in [0.29, 0.717) is 55.7 Å². The van der Waals surface area contributed by atoms with Crippen LogP contribution in [-0.2, 0) is 20.9 Å². The van der Waals surface area contributed by atoms with Gasteiger partial charge in [-0.2, -0.15) is 5.10 Å². The van der Waals surface area contributed by atoms with Crippen molar-refractivity contribution in [3.05, 3.63) is 104 Å². The lowest BCUT2D eigenvalue weighted by atomic mass is 9.95. The van der Waals surface area contributed by atoms with Crippen molar-refractivity contribution in [2.24, 2.45) is 5.10 Å². The summed E-state index contributed by atoms with van der Waals surface area (Å²) in [6, 6.07) is 17.6. The van der Waals surface area contributed by atoms with Gasteiger partial charge in [-0.05, 0) is 62.3 Å². The fourth-order valence-corrected chi connectivity index (χ4v) is 5.24. The van der Waals surface area contributed by atoms with Crippen LogP contribution in [-0.4, -0.2) is 36.4 Å². The number of allylic oxidation sites excluding steroid dienone is 1. The maximum Gasteiger partial charge on any atom is 0.338 e. The number of halogens is 2. The van der Waals surface area contributed by atoms with Gasteiger partial charge in [0.05, 0.1) is 34.5 Å². The lowest BCUT2D eigenvalue weighted by molar-refractivity contribution is -0.139. The standard InChI is InChI=1S/C31H30Cl2N4O5S/c1-4-40-30(39)27-19(3)35-31(43)36-28(27)22-10-5-6-11-25(22)41-17-26(38)37-34-15-21-13-23(32)29(24(33)14-21)42-16-20-9-7-8-18(2)12-20/h5-15,28H,4,16-17H2,1-3H3,(H,37,38)(H2,35,36,43)/t28-/m1/s1. The molecule has 1 amide bonds. The quantitative estimate of drug-likeness (QED) is 0.105. The first kappa shape index (κ1) is 31.8. The molecule has 0 aliphatic carbocycles. The highest BCUT2D eigenvalue weighted by Gasteiger charge is 2.32. The monoisotopic (exact) mass is 640 g/mol. The molecule has 0 saturated carbocycles. The first-order chi connectivity index (χ1) is 20.7. The largest absolute Gasteiger partial charge is 0.486 e. The minimum Gasteiger partial charge on any atom is -0.486 e. The zero-order valence-electron chi connectivity index (χ0n) is 23.7. The molecule has 3 N–H and O–H groups in total. The Morgan fingerprint density at radius 1 is 1.05 bits per heavy atom. The lowest BCUT2D eigenvalue weighted by Crippen LogP contribution is -2.45. The molecule has 0 saturated heterocycles. The number of hydrogen-bond acceptors (Lipinski definition) is 7. The third-order valence-electron chi connectivity index (χ3n) is 6.24. The molecule has 1 atom stereocenters. The molecule has 1 heterocycles. The Kier molecular flexibility index (Phi) is 11.0. The van der Waals surface area contributed by atoms with Gasteiger partial charge in [-0.3, -0.25) is 4.79 Å². The predicted octanol–water partition coefficient (Wildman–Crippen LogP) is 5.77. The predicted molar refractivity (Wildman–Crippen MR) is 171 cm³/mol. The van der Waals surface area contributed by atoms with Crippen LogP contribution >= 0.6 is 35.4 Å². The van der Waals surface area contributed by atoms with E-state index < -0.39 is 17.9 Å². The van der Waals surface area contributed by atoms with Gasteiger partial charge in [0.1, 0.15) is 12.4 Å². The molecule has 0 radical (unpaired) electrons. The zero-order chi connectivity index (χ0) is 30.9. The smallest absolute Gasteiger partial charge is 0.338 e. The van der Waals surface area contributed by atoms with Gasteiger partial charge < -0.3 is 24.8 Å². The van der Waals surface area contributed by atoms with Crippen LogP contribution in [0.5, 0.6) is 11.5 Å². The molecule has 12 heteroatoms. The molecule has 0 bridgehead atoms. The highest BCUT2D eigenvalue weighted by atomic mass is 35.5. The van der Waals surface area contributed by atoms with Gasteiger partial charge >= 0.3 is 5.97 Å². The van der Waals surface area contributed by atoms with E-state index in [1.807, 2.05) is 31.2 Å². The van der Waals surface area contributed by atoms with E-state index in [0.717, 1.165) is 11.1 Å². The summed E-state index contributed by atoms with van der Waals surface area (Å²) in [5.41, 5.74) is 6.65. The Morgan fingerprint density at radius 2 is 1.79 bits per heavy atom. The van der Waals surface area contributed by atoms with Crippen LogP contribution in [0.4, 0.5) is 0 Å². The van der Waals surface area contributed by atoms with Crippen LogP contribution in [0.2, 0.25) is 10.0 Å². The number of hydrazone groups is 1. The molecule has 0 unspecified atom stereocenters. The second-order valence-electron chi connectivity index (χ2n) is 9.50. The maximum absolute atomic E-state index is 12.7. The van der Waals surface area contributed by atoms with E-state index in [1.165, 1.54) is 6.21 Å². The Bertz CT molecular complexity index is 1570. The third kappa shape index (κ3) is 8.47. The number of nitrogens with zero attached hydrogens (tertiary/aromatic N) is 1. The lowest BCUT2D eigenvalue weighted by Gasteiger charge is -2.30. The summed E-state index contributed by atoms with van der Waals surface area (Å²) in [6.45, 7) is 5.67. The molecule has 0 aromatic heterocycles. The summed E-state index contributed by atoms with van der Waals surface area (Å²) in [7, 11) is 0. The highest BCUT2D eigenvalue weighted by molar-refractivity contribution is 7.80. The molecule has 4 rings (SSSR count). The van der Waals surface area contributed by atoms with Crippen molar-refractivity contribution in [1.82, 2.24) is 16.1 Å². The van der Waals surface area contributed by atoms with Gasteiger partial charge in [0.25, 0.3) is 5.91 Å². The number of nitrogens with one attached hydrogen (secondary N) is 3. The molecule has 3 aromatic carbocycles. The summed E-state index contributed by atoms with van der Waals surface area (Å²) in [5, 5.41) is 11.0. The van der Waals surface area contributed by atoms with E-state index in [-0.39, 0.29) is 13.2 Å². The van der Waals surface area contributed by atoms with Gasteiger partial charge in [-0.15, -0.1) is 0 Å². The van der Waals surface area contributed by atoms with Crippen LogP contribution in [0.15, 0.2) is 77.0 Å². The van der Waals surface area contributed by atoms with Crippen molar-refractivity contribution in [2.45, 2.75) is 33.4 Å². The molecule has 1 aliphatic rings. The number of esters is 1. The third-order valence-corrected chi connectivity index (χ3v) is 7.02. The van der Waals surface area contributed by atoms with Crippen molar-refractivity contribution in [1.29, 1.82) is 0 Å². The molecule has 9 nitrogen and oxygen atoms in total.